The molecule has 2 N–H and O–H groups in total. The summed E-state index contributed by atoms with van der Waals surface area (Å²) in [4.78, 5) is 8.68. The topological polar surface area (TPSA) is 61.0 Å². The van der Waals surface area contributed by atoms with Crippen LogP contribution in [-0.2, 0) is 6.54 Å². The minimum absolute atomic E-state index is 0.398. The largest absolute Gasteiger partial charge is 0.437 e. The van der Waals surface area contributed by atoms with Gasteiger partial charge in [0.1, 0.15) is 5.75 Å². The summed E-state index contributed by atoms with van der Waals surface area (Å²) < 4.78 is 5.67. The first-order valence-corrected chi connectivity index (χ1v) is 6.52. The van der Waals surface area contributed by atoms with Crippen LogP contribution in [0.15, 0.2) is 48.7 Å². The summed E-state index contributed by atoms with van der Waals surface area (Å²) >= 11 is 6.09. The molecule has 0 aliphatic carbocycles. The Morgan fingerprint density at radius 2 is 1.90 bits per heavy atom. The van der Waals surface area contributed by atoms with Crippen LogP contribution in [0.2, 0.25) is 5.02 Å². The van der Waals surface area contributed by atoms with E-state index in [0.29, 0.717) is 23.2 Å². The first-order chi connectivity index (χ1) is 9.76. The molecule has 100 valence electrons. The molecule has 1 aromatic heterocycles. The lowest BCUT2D eigenvalue weighted by molar-refractivity contribution is 0.462. The lowest BCUT2D eigenvalue weighted by Crippen LogP contribution is -1.97. The van der Waals surface area contributed by atoms with Crippen molar-refractivity contribution in [1.82, 2.24) is 9.97 Å². The monoisotopic (exact) mass is 285 g/mol. The number of para-hydroxylation sites is 2. The van der Waals surface area contributed by atoms with E-state index in [2.05, 4.69) is 9.97 Å². The van der Waals surface area contributed by atoms with Gasteiger partial charge in [0.25, 0.3) is 0 Å². The fraction of sp³-hybridized carbons (Fsp3) is 0.0667. The van der Waals surface area contributed by atoms with Crippen molar-refractivity contribution in [1.29, 1.82) is 0 Å². The molecule has 0 amide bonds. The van der Waals surface area contributed by atoms with Gasteiger partial charge in [-0.05, 0) is 29.8 Å². The Labute approximate surface area is 121 Å². The van der Waals surface area contributed by atoms with E-state index in [-0.39, 0.29) is 0 Å². The fourth-order valence-electron chi connectivity index (χ4n) is 1.87. The number of rotatable bonds is 3. The van der Waals surface area contributed by atoms with Gasteiger partial charge in [0.15, 0.2) is 0 Å². The summed E-state index contributed by atoms with van der Waals surface area (Å²) in [6.07, 6.45) is 1.59. The SMILES string of the molecule is NCc1ccc(Oc2cnc3ccccc3n2)cc1Cl. The van der Waals surface area contributed by atoms with Crippen molar-refractivity contribution in [3.8, 4) is 11.6 Å². The van der Waals surface area contributed by atoms with Gasteiger partial charge in [0.2, 0.25) is 5.88 Å². The van der Waals surface area contributed by atoms with Crippen LogP contribution < -0.4 is 10.5 Å². The van der Waals surface area contributed by atoms with E-state index in [1.807, 2.05) is 36.4 Å². The molecule has 3 rings (SSSR count). The zero-order valence-corrected chi connectivity index (χ0v) is 11.3. The maximum absolute atomic E-state index is 6.09. The van der Waals surface area contributed by atoms with Crippen molar-refractivity contribution in [2.45, 2.75) is 6.54 Å². The fourth-order valence-corrected chi connectivity index (χ4v) is 2.11. The van der Waals surface area contributed by atoms with Crippen LogP contribution in [0.25, 0.3) is 11.0 Å². The third kappa shape index (κ3) is 2.57. The second-order valence-corrected chi connectivity index (χ2v) is 4.66. The Balaban J connectivity index is 1.90. The van der Waals surface area contributed by atoms with E-state index in [0.717, 1.165) is 16.6 Å². The molecule has 0 radical (unpaired) electrons. The van der Waals surface area contributed by atoms with Crippen LogP contribution in [0.5, 0.6) is 11.6 Å². The highest BCUT2D eigenvalue weighted by Crippen LogP contribution is 2.26. The van der Waals surface area contributed by atoms with Gasteiger partial charge in [0, 0.05) is 11.6 Å². The van der Waals surface area contributed by atoms with Crippen LogP contribution in [0.3, 0.4) is 0 Å². The lowest BCUT2D eigenvalue weighted by Gasteiger charge is -2.07. The van der Waals surface area contributed by atoms with Crippen LogP contribution in [-0.4, -0.2) is 9.97 Å². The van der Waals surface area contributed by atoms with Crippen LogP contribution in [0.4, 0.5) is 0 Å². The molecule has 0 fully saturated rings. The Morgan fingerprint density at radius 1 is 1.10 bits per heavy atom. The zero-order valence-electron chi connectivity index (χ0n) is 10.6. The van der Waals surface area contributed by atoms with Gasteiger partial charge in [-0.1, -0.05) is 29.8 Å². The predicted molar refractivity (Wildman–Crippen MR) is 79.0 cm³/mol. The molecular formula is C15H12ClN3O. The standard InChI is InChI=1S/C15H12ClN3O/c16-12-7-11(6-5-10(12)8-17)20-15-9-18-13-3-1-2-4-14(13)19-15/h1-7,9H,8,17H2. The Hall–Kier alpha value is -2.17. The highest BCUT2D eigenvalue weighted by Gasteiger charge is 2.05. The van der Waals surface area contributed by atoms with Gasteiger partial charge < -0.3 is 10.5 Å². The maximum atomic E-state index is 6.09. The number of fused-ring (bicyclic) bond motifs is 1. The van der Waals surface area contributed by atoms with E-state index >= 15 is 0 Å². The number of aromatic nitrogens is 2. The number of halogens is 1. The molecule has 0 saturated heterocycles. The van der Waals surface area contributed by atoms with Gasteiger partial charge in [-0.3, -0.25) is 0 Å². The van der Waals surface area contributed by atoms with Gasteiger partial charge >= 0.3 is 0 Å². The van der Waals surface area contributed by atoms with Crippen molar-refractivity contribution in [3.63, 3.8) is 0 Å². The van der Waals surface area contributed by atoms with Crippen molar-refractivity contribution < 1.29 is 4.74 Å². The predicted octanol–water partition coefficient (Wildman–Crippen LogP) is 3.53. The molecule has 4 nitrogen and oxygen atoms in total. The normalized spacial score (nSPS) is 10.7. The van der Waals surface area contributed by atoms with E-state index in [9.17, 15) is 0 Å². The first-order valence-electron chi connectivity index (χ1n) is 6.14. The van der Waals surface area contributed by atoms with E-state index < -0.39 is 0 Å². The van der Waals surface area contributed by atoms with E-state index in [1.54, 1.807) is 12.3 Å². The molecule has 3 aromatic rings. The average molecular weight is 286 g/mol. The van der Waals surface area contributed by atoms with Gasteiger partial charge in [-0.15, -0.1) is 0 Å². The molecule has 20 heavy (non-hydrogen) atoms. The van der Waals surface area contributed by atoms with Gasteiger partial charge in [-0.25, -0.2) is 9.97 Å². The molecule has 0 unspecified atom stereocenters. The lowest BCUT2D eigenvalue weighted by atomic mass is 10.2. The summed E-state index contributed by atoms with van der Waals surface area (Å²) in [5, 5.41) is 0.582. The molecule has 0 aliphatic rings. The third-order valence-corrected chi connectivity index (χ3v) is 3.25. The quantitative estimate of drug-likeness (QED) is 0.799. The Kier molecular flexibility index (Phi) is 3.50. The zero-order chi connectivity index (χ0) is 13.9. The Morgan fingerprint density at radius 3 is 2.65 bits per heavy atom. The molecule has 0 atom stereocenters. The highest BCUT2D eigenvalue weighted by atomic mass is 35.5. The summed E-state index contributed by atoms with van der Waals surface area (Å²) in [7, 11) is 0. The van der Waals surface area contributed by atoms with Crippen molar-refractivity contribution in [2.75, 3.05) is 0 Å². The second kappa shape index (κ2) is 5.45. The number of nitrogens with two attached hydrogens (primary N) is 1. The molecule has 0 bridgehead atoms. The molecule has 1 heterocycles. The number of hydrogen-bond acceptors (Lipinski definition) is 4. The molecule has 0 aliphatic heterocycles. The van der Waals surface area contributed by atoms with E-state index in [4.69, 9.17) is 22.1 Å². The van der Waals surface area contributed by atoms with Crippen LogP contribution in [0, 0.1) is 0 Å². The van der Waals surface area contributed by atoms with E-state index in [1.165, 1.54) is 0 Å². The summed E-state index contributed by atoms with van der Waals surface area (Å²) in [5.41, 5.74) is 8.06. The van der Waals surface area contributed by atoms with Gasteiger partial charge in [-0.2, -0.15) is 0 Å². The molecule has 2 aromatic carbocycles. The first kappa shape index (κ1) is 12.8. The second-order valence-electron chi connectivity index (χ2n) is 4.26. The summed E-state index contributed by atoms with van der Waals surface area (Å²) in [6, 6.07) is 13.0. The molecule has 0 saturated carbocycles. The van der Waals surface area contributed by atoms with Crippen molar-refractivity contribution in [2.24, 2.45) is 5.73 Å². The van der Waals surface area contributed by atoms with Crippen LogP contribution >= 0.6 is 11.6 Å². The summed E-state index contributed by atoms with van der Waals surface area (Å²) in [5.74, 6) is 1.04. The number of nitrogens with zero attached hydrogens (tertiary/aromatic N) is 2. The average Bonchev–Trinajstić information content (AvgIpc) is 2.47. The minimum atomic E-state index is 0.398. The third-order valence-electron chi connectivity index (χ3n) is 2.89. The Bertz CT molecular complexity index is 761. The number of benzene rings is 2. The van der Waals surface area contributed by atoms with Crippen LogP contribution in [0.1, 0.15) is 5.56 Å². The number of ether oxygens (including phenoxy) is 1. The highest BCUT2D eigenvalue weighted by molar-refractivity contribution is 6.31. The van der Waals surface area contributed by atoms with Crippen molar-refractivity contribution in [3.05, 3.63) is 59.2 Å². The minimum Gasteiger partial charge on any atom is -0.437 e. The molecular weight excluding hydrogens is 274 g/mol. The maximum Gasteiger partial charge on any atom is 0.238 e. The number of hydrogen-bond donors (Lipinski definition) is 1. The molecule has 5 heteroatoms. The smallest absolute Gasteiger partial charge is 0.238 e. The van der Waals surface area contributed by atoms with Gasteiger partial charge in [0.05, 0.1) is 17.2 Å². The summed E-state index contributed by atoms with van der Waals surface area (Å²) in [6.45, 7) is 0.398. The van der Waals surface area contributed by atoms with Crippen molar-refractivity contribution >= 4 is 22.6 Å². The molecule has 0 spiro atoms.